The smallest absolute Gasteiger partial charge is 0.274 e. The Kier molecular flexibility index (Phi) is 6.85. The van der Waals surface area contributed by atoms with Gasteiger partial charge in [-0.05, 0) is 48.9 Å². The molecule has 35 heavy (non-hydrogen) atoms. The molecule has 4 N–H and O–H groups in total. The lowest BCUT2D eigenvalue weighted by Crippen LogP contribution is -2.40. The van der Waals surface area contributed by atoms with E-state index in [0.717, 1.165) is 0 Å². The second-order valence-corrected chi connectivity index (χ2v) is 8.11. The zero-order valence-corrected chi connectivity index (χ0v) is 19.2. The number of carbonyl (C=O) groups is 2. The Labute approximate surface area is 202 Å². The van der Waals surface area contributed by atoms with Crippen molar-refractivity contribution in [3.05, 3.63) is 88.2 Å². The molecule has 0 atom stereocenters. The Morgan fingerprint density at radius 1 is 1.11 bits per heavy atom. The molecule has 2 heterocycles. The molecule has 0 saturated carbocycles. The summed E-state index contributed by atoms with van der Waals surface area (Å²) in [6.45, 7) is 3.88. The summed E-state index contributed by atoms with van der Waals surface area (Å²) in [4.78, 5) is 31.2. The number of anilines is 2. The third kappa shape index (κ3) is 5.18. The second kappa shape index (κ2) is 10.2. The number of carbonyl (C=O) groups excluding carboxylic acids is 2. The number of hydrogen-bond donors (Lipinski definition) is 3. The van der Waals surface area contributed by atoms with Crippen molar-refractivity contribution < 1.29 is 14.3 Å². The summed E-state index contributed by atoms with van der Waals surface area (Å²) < 4.78 is 5.30. The number of rotatable bonds is 5. The van der Waals surface area contributed by atoms with Gasteiger partial charge in [-0.3, -0.25) is 15.0 Å². The molecule has 9 heteroatoms. The van der Waals surface area contributed by atoms with Crippen LogP contribution in [0.3, 0.4) is 0 Å². The quantitative estimate of drug-likeness (QED) is 0.388. The topological polar surface area (TPSA) is 145 Å². The first kappa shape index (κ1) is 23.6. The van der Waals surface area contributed by atoms with Gasteiger partial charge in [-0.15, -0.1) is 0 Å². The highest BCUT2D eigenvalue weighted by Gasteiger charge is 2.19. The molecule has 1 aromatic heterocycles. The molecule has 1 saturated heterocycles. The van der Waals surface area contributed by atoms with Gasteiger partial charge in [0.05, 0.1) is 24.5 Å². The summed E-state index contributed by atoms with van der Waals surface area (Å²) in [7, 11) is 0. The van der Waals surface area contributed by atoms with Crippen LogP contribution in [0.25, 0.3) is 0 Å². The molecule has 0 unspecified atom stereocenters. The van der Waals surface area contributed by atoms with Gasteiger partial charge in [0.25, 0.3) is 11.8 Å². The minimum absolute atomic E-state index is 0.0673. The van der Waals surface area contributed by atoms with Crippen LogP contribution in [0.1, 0.15) is 43.1 Å². The highest BCUT2D eigenvalue weighted by atomic mass is 16.5. The molecule has 0 bridgehead atoms. The number of nitrogens with zero attached hydrogens (tertiary/aromatic N) is 3. The highest BCUT2D eigenvalue weighted by Crippen LogP contribution is 2.23. The van der Waals surface area contributed by atoms with E-state index in [1.54, 1.807) is 60.4 Å². The number of pyridine rings is 1. The van der Waals surface area contributed by atoms with Gasteiger partial charge in [-0.1, -0.05) is 12.1 Å². The first-order valence-corrected chi connectivity index (χ1v) is 11.0. The minimum Gasteiger partial charge on any atom is -0.398 e. The van der Waals surface area contributed by atoms with E-state index in [-0.39, 0.29) is 17.3 Å². The first-order valence-electron chi connectivity index (χ1n) is 11.0. The Hall–Kier alpha value is -4.55. The van der Waals surface area contributed by atoms with Gasteiger partial charge in [0.2, 0.25) is 0 Å². The summed E-state index contributed by atoms with van der Waals surface area (Å²) in [5, 5.41) is 20.4. The van der Waals surface area contributed by atoms with Crippen LogP contribution in [-0.4, -0.2) is 53.7 Å². The van der Waals surface area contributed by atoms with Crippen molar-refractivity contribution in [3.63, 3.8) is 0 Å². The van der Waals surface area contributed by atoms with E-state index in [0.29, 0.717) is 65.5 Å². The lowest BCUT2D eigenvalue weighted by atomic mass is 9.99. The highest BCUT2D eigenvalue weighted by molar-refractivity contribution is 6.15. The Morgan fingerprint density at radius 2 is 1.80 bits per heavy atom. The maximum absolute atomic E-state index is 12.7. The van der Waals surface area contributed by atoms with Crippen molar-refractivity contribution in [2.24, 2.45) is 0 Å². The molecule has 0 aliphatic carbocycles. The predicted octanol–water partition coefficient (Wildman–Crippen LogP) is 2.98. The van der Waals surface area contributed by atoms with Crippen LogP contribution < -0.4 is 11.1 Å². The SMILES string of the molecule is Cc1cc(C#N)cnc1C(=O)Nc1ccc(N)c(C(=N)c2ccc(C(=O)N3CCOCC3)cc2)c1. The lowest BCUT2D eigenvalue weighted by molar-refractivity contribution is 0.0303. The molecule has 0 radical (unpaired) electrons. The van der Waals surface area contributed by atoms with E-state index < -0.39 is 5.91 Å². The maximum atomic E-state index is 12.7. The van der Waals surface area contributed by atoms with Crippen molar-refractivity contribution in [1.29, 1.82) is 10.7 Å². The molecular weight excluding hydrogens is 444 g/mol. The zero-order chi connectivity index (χ0) is 24.9. The summed E-state index contributed by atoms with van der Waals surface area (Å²) in [5.41, 5.74) is 9.87. The van der Waals surface area contributed by atoms with Gasteiger partial charge in [-0.2, -0.15) is 5.26 Å². The molecule has 176 valence electrons. The molecule has 0 spiro atoms. The maximum Gasteiger partial charge on any atom is 0.274 e. The number of morpholine rings is 1. The second-order valence-electron chi connectivity index (χ2n) is 8.11. The van der Waals surface area contributed by atoms with Gasteiger partial charge < -0.3 is 20.7 Å². The molecule has 2 aromatic carbocycles. The Balaban J connectivity index is 1.51. The lowest BCUT2D eigenvalue weighted by Gasteiger charge is -2.26. The molecule has 9 nitrogen and oxygen atoms in total. The third-order valence-electron chi connectivity index (χ3n) is 5.72. The monoisotopic (exact) mass is 468 g/mol. The van der Waals surface area contributed by atoms with Crippen LogP contribution >= 0.6 is 0 Å². The number of hydrogen-bond acceptors (Lipinski definition) is 7. The molecule has 4 rings (SSSR count). The van der Waals surface area contributed by atoms with Gasteiger partial charge >= 0.3 is 0 Å². The van der Waals surface area contributed by atoms with Gasteiger partial charge in [0.1, 0.15) is 11.8 Å². The van der Waals surface area contributed by atoms with Crippen LogP contribution in [0.15, 0.2) is 54.7 Å². The van der Waals surface area contributed by atoms with Crippen LogP contribution in [0.4, 0.5) is 11.4 Å². The van der Waals surface area contributed by atoms with Crippen molar-refractivity contribution in [2.75, 3.05) is 37.4 Å². The van der Waals surface area contributed by atoms with Crippen LogP contribution in [0.5, 0.6) is 0 Å². The molecule has 1 fully saturated rings. The van der Waals surface area contributed by atoms with E-state index in [2.05, 4.69) is 10.3 Å². The van der Waals surface area contributed by atoms with Crippen molar-refractivity contribution in [3.8, 4) is 6.07 Å². The van der Waals surface area contributed by atoms with Crippen LogP contribution in [0.2, 0.25) is 0 Å². The van der Waals surface area contributed by atoms with Gasteiger partial charge in [-0.25, -0.2) is 4.98 Å². The fourth-order valence-electron chi connectivity index (χ4n) is 3.80. The number of aromatic nitrogens is 1. The van der Waals surface area contributed by atoms with Gasteiger partial charge in [0.15, 0.2) is 0 Å². The number of aryl methyl sites for hydroxylation is 1. The molecule has 3 aromatic rings. The number of ether oxygens (including phenoxy) is 1. The van der Waals surface area contributed by atoms with Gasteiger partial charge in [0, 0.05) is 47.4 Å². The molecule has 1 aliphatic rings. The van der Waals surface area contributed by atoms with E-state index in [4.69, 9.17) is 21.1 Å². The van der Waals surface area contributed by atoms with E-state index >= 15 is 0 Å². The zero-order valence-electron chi connectivity index (χ0n) is 19.2. The summed E-state index contributed by atoms with van der Waals surface area (Å²) >= 11 is 0. The van der Waals surface area contributed by atoms with E-state index in [1.165, 1.54) is 6.20 Å². The number of nitriles is 1. The molecule has 1 aliphatic heterocycles. The normalized spacial score (nSPS) is 13.1. The largest absolute Gasteiger partial charge is 0.398 e. The van der Waals surface area contributed by atoms with Crippen LogP contribution in [-0.2, 0) is 4.74 Å². The number of amides is 2. The van der Waals surface area contributed by atoms with E-state index in [1.807, 2.05) is 6.07 Å². The third-order valence-corrected chi connectivity index (χ3v) is 5.72. The standard InChI is InChI=1S/C26H24N6O3/c1-16-12-17(14-27)15-30-24(16)25(33)31-20-6-7-22(28)21(13-20)23(29)18-2-4-19(5-3-18)26(34)32-8-10-35-11-9-32/h2-7,12-13,15,29H,8-11,28H2,1H3,(H,31,33). The van der Waals surface area contributed by atoms with Crippen molar-refractivity contribution in [2.45, 2.75) is 6.92 Å². The summed E-state index contributed by atoms with van der Waals surface area (Å²) in [6, 6.07) is 15.3. The number of nitrogen functional groups attached to an aromatic ring is 1. The van der Waals surface area contributed by atoms with Crippen molar-refractivity contribution >= 4 is 28.9 Å². The average Bonchev–Trinajstić information content (AvgIpc) is 2.89. The summed E-state index contributed by atoms with van der Waals surface area (Å²) in [6.07, 6.45) is 1.35. The van der Waals surface area contributed by atoms with E-state index in [9.17, 15) is 9.59 Å². The predicted molar refractivity (Wildman–Crippen MR) is 132 cm³/mol. The Morgan fingerprint density at radius 3 is 2.46 bits per heavy atom. The molecular formula is C26H24N6O3. The molecule has 2 amide bonds. The average molecular weight is 469 g/mol. The number of nitrogens with two attached hydrogens (primary N) is 1. The first-order chi connectivity index (χ1) is 16.9. The Bertz CT molecular complexity index is 1340. The minimum atomic E-state index is -0.430. The van der Waals surface area contributed by atoms with Crippen molar-refractivity contribution in [1.82, 2.24) is 9.88 Å². The number of nitrogens with one attached hydrogen (secondary N) is 2. The summed E-state index contributed by atoms with van der Waals surface area (Å²) in [5.74, 6) is -0.498. The number of benzene rings is 2. The fourth-order valence-corrected chi connectivity index (χ4v) is 3.80. The van der Waals surface area contributed by atoms with Crippen LogP contribution in [0, 0.1) is 23.7 Å². The fraction of sp³-hybridized carbons (Fsp3) is 0.192.